The van der Waals surface area contributed by atoms with Gasteiger partial charge in [0.25, 0.3) is 5.91 Å². The fourth-order valence-electron chi connectivity index (χ4n) is 2.50. The van der Waals surface area contributed by atoms with Gasteiger partial charge in [-0.1, -0.05) is 12.1 Å². The molecule has 0 N–H and O–H groups in total. The molecular formula is C18H20N4O3. The first kappa shape index (κ1) is 16.9. The average molecular weight is 340 g/mol. The van der Waals surface area contributed by atoms with Crippen LogP contribution in [0.1, 0.15) is 16.2 Å². The number of methoxy groups -OCH3 is 1. The monoisotopic (exact) mass is 340 g/mol. The first-order valence-corrected chi connectivity index (χ1v) is 7.94. The number of furan rings is 1. The van der Waals surface area contributed by atoms with Gasteiger partial charge in [0, 0.05) is 31.8 Å². The number of benzene rings is 1. The number of hydrogen-bond donors (Lipinski definition) is 0. The number of ether oxygens (including phenoxy) is 1. The Morgan fingerprint density at radius 1 is 1.28 bits per heavy atom. The minimum atomic E-state index is -0.0766. The van der Waals surface area contributed by atoms with Gasteiger partial charge in [0.15, 0.2) is 5.82 Å². The van der Waals surface area contributed by atoms with Crippen LogP contribution in [0.15, 0.2) is 53.4 Å². The van der Waals surface area contributed by atoms with Crippen LogP contribution in [0.3, 0.4) is 0 Å². The van der Waals surface area contributed by atoms with E-state index in [0.29, 0.717) is 25.3 Å². The molecule has 2 heterocycles. The van der Waals surface area contributed by atoms with Crippen molar-refractivity contribution in [3.63, 3.8) is 0 Å². The predicted molar refractivity (Wildman–Crippen MR) is 91.8 cm³/mol. The molecule has 7 nitrogen and oxygen atoms in total. The third-order valence-corrected chi connectivity index (χ3v) is 3.89. The molecule has 0 radical (unpaired) electrons. The number of nitrogens with zero attached hydrogens (tertiary/aromatic N) is 4. The lowest BCUT2D eigenvalue weighted by atomic mass is 10.1. The Morgan fingerprint density at radius 2 is 2.08 bits per heavy atom. The summed E-state index contributed by atoms with van der Waals surface area (Å²) in [5.74, 6) is 1.42. The highest BCUT2D eigenvalue weighted by Gasteiger charge is 2.15. The molecular weight excluding hydrogens is 320 g/mol. The van der Waals surface area contributed by atoms with Gasteiger partial charge in [0.2, 0.25) is 0 Å². The highest BCUT2D eigenvalue weighted by molar-refractivity contribution is 5.94. The quantitative estimate of drug-likeness (QED) is 0.660. The molecule has 3 rings (SSSR count). The lowest BCUT2D eigenvalue weighted by Gasteiger charge is -2.17. The zero-order valence-electron chi connectivity index (χ0n) is 14.3. The fourth-order valence-corrected chi connectivity index (χ4v) is 2.50. The van der Waals surface area contributed by atoms with Gasteiger partial charge in [0.05, 0.1) is 19.4 Å². The summed E-state index contributed by atoms with van der Waals surface area (Å²) in [6.07, 6.45) is 3.27. The first-order chi connectivity index (χ1) is 12.2. The summed E-state index contributed by atoms with van der Waals surface area (Å²) in [5.41, 5.74) is 1.55. The Bertz CT molecular complexity index is 809. The molecule has 0 unspecified atom stereocenters. The topological polar surface area (TPSA) is 73.4 Å². The van der Waals surface area contributed by atoms with Gasteiger partial charge >= 0.3 is 0 Å². The summed E-state index contributed by atoms with van der Waals surface area (Å²) in [4.78, 5) is 14.2. The zero-order chi connectivity index (χ0) is 17.6. The first-order valence-electron chi connectivity index (χ1n) is 7.94. The Hall–Kier alpha value is -2.93. The second-order valence-electron chi connectivity index (χ2n) is 5.65. The van der Waals surface area contributed by atoms with E-state index in [9.17, 15) is 4.79 Å². The summed E-state index contributed by atoms with van der Waals surface area (Å²) in [6, 6.07) is 11.1. The van der Waals surface area contributed by atoms with Gasteiger partial charge in [-0.25, -0.2) is 0 Å². The van der Waals surface area contributed by atoms with Crippen LogP contribution in [0.5, 0.6) is 0 Å². The predicted octanol–water partition coefficient (Wildman–Crippen LogP) is 2.46. The summed E-state index contributed by atoms with van der Waals surface area (Å²) >= 11 is 0. The van der Waals surface area contributed by atoms with Crippen LogP contribution < -0.4 is 0 Å². The Balaban J connectivity index is 1.67. The largest absolute Gasteiger partial charge is 0.464 e. The highest BCUT2D eigenvalue weighted by Crippen LogP contribution is 2.20. The normalized spacial score (nSPS) is 10.8. The number of rotatable bonds is 7. The second-order valence-corrected chi connectivity index (χ2v) is 5.65. The molecule has 1 aromatic carbocycles. The van der Waals surface area contributed by atoms with Crippen LogP contribution in [0.25, 0.3) is 11.3 Å². The van der Waals surface area contributed by atoms with Crippen LogP contribution in [0.4, 0.5) is 0 Å². The van der Waals surface area contributed by atoms with Crippen LogP contribution in [0.2, 0.25) is 0 Å². The van der Waals surface area contributed by atoms with E-state index in [2.05, 4.69) is 10.2 Å². The molecule has 0 aliphatic heterocycles. The smallest absolute Gasteiger partial charge is 0.254 e. The molecule has 0 atom stereocenters. The zero-order valence-corrected chi connectivity index (χ0v) is 14.3. The molecule has 0 aliphatic rings. The van der Waals surface area contributed by atoms with Crippen molar-refractivity contribution in [2.45, 2.75) is 13.1 Å². The number of carbonyl (C=O) groups excluding carboxylic acids is 1. The maximum absolute atomic E-state index is 12.6. The van der Waals surface area contributed by atoms with E-state index < -0.39 is 0 Å². The Labute approximate surface area is 145 Å². The molecule has 0 aliphatic carbocycles. The maximum Gasteiger partial charge on any atom is 0.254 e. The highest BCUT2D eigenvalue weighted by atomic mass is 16.5. The molecule has 3 aromatic rings. The summed E-state index contributed by atoms with van der Waals surface area (Å²) in [6.45, 7) is 1.60. The van der Waals surface area contributed by atoms with Crippen molar-refractivity contribution in [2.24, 2.45) is 0 Å². The molecule has 130 valence electrons. The van der Waals surface area contributed by atoms with Crippen LogP contribution in [-0.4, -0.2) is 46.3 Å². The van der Waals surface area contributed by atoms with Crippen molar-refractivity contribution in [2.75, 3.05) is 20.8 Å². The van der Waals surface area contributed by atoms with E-state index in [0.717, 1.165) is 17.1 Å². The summed E-state index contributed by atoms with van der Waals surface area (Å²) in [7, 11) is 3.39. The van der Waals surface area contributed by atoms with Crippen molar-refractivity contribution in [3.05, 3.63) is 60.4 Å². The molecule has 0 saturated heterocycles. The van der Waals surface area contributed by atoms with E-state index in [-0.39, 0.29) is 5.91 Å². The molecule has 25 heavy (non-hydrogen) atoms. The molecule has 0 spiro atoms. The van der Waals surface area contributed by atoms with E-state index >= 15 is 0 Å². The Kier molecular flexibility index (Phi) is 5.25. The third kappa shape index (κ3) is 3.95. The summed E-state index contributed by atoms with van der Waals surface area (Å²) in [5, 5.41) is 7.99. The summed E-state index contributed by atoms with van der Waals surface area (Å²) < 4.78 is 12.3. The van der Waals surface area contributed by atoms with Crippen molar-refractivity contribution in [1.82, 2.24) is 19.7 Å². The third-order valence-electron chi connectivity index (χ3n) is 3.89. The number of aromatic nitrogens is 3. The maximum atomic E-state index is 12.6. The van der Waals surface area contributed by atoms with Crippen molar-refractivity contribution >= 4 is 5.91 Å². The standard InChI is InChI=1S/C18H20N4O3/c1-21(12-17-20-19-13-22(17)9-11-24-2)18(23)15-7-5-14(6-8-15)16-4-3-10-25-16/h3-8,10,13H,9,11-12H2,1-2H3. The van der Waals surface area contributed by atoms with Crippen molar-refractivity contribution in [3.8, 4) is 11.3 Å². The fraction of sp³-hybridized carbons (Fsp3) is 0.278. The molecule has 2 aromatic heterocycles. The molecule has 7 heteroatoms. The number of amides is 1. The molecule has 0 fully saturated rings. The number of carbonyl (C=O) groups is 1. The van der Waals surface area contributed by atoms with Gasteiger partial charge in [-0.3, -0.25) is 4.79 Å². The lowest BCUT2D eigenvalue weighted by Crippen LogP contribution is -2.28. The Morgan fingerprint density at radius 3 is 2.76 bits per heavy atom. The van der Waals surface area contributed by atoms with Gasteiger partial charge < -0.3 is 18.6 Å². The van der Waals surface area contributed by atoms with Crippen LogP contribution >= 0.6 is 0 Å². The average Bonchev–Trinajstić information content (AvgIpc) is 3.31. The van der Waals surface area contributed by atoms with Crippen molar-refractivity contribution < 1.29 is 13.9 Å². The lowest BCUT2D eigenvalue weighted by molar-refractivity contribution is 0.0779. The van der Waals surface area contributed by atoms with Gasteiger partial charge in [0.1, 0.15) is 12.1 Å². The van der Waals surface area contributed by atoms with Crippen LogP contribution in [-0.2, 0) is 17.8 Å². The number of hydrogen-bond acceptors (Lipinski definition) is 5. The van der Waals surface area contributed by atoms with E-state index in [4.69, 9.17) is 9.15 Å². The second kappa shape index (κ2) is 7.76. The molecule has 0 saturated carbocycles. The van der Waals surface area contributed by atoms with Crippen molar-refractivity contribution in [1.29, 1.82) is 0 Å². The SMILES string of the molecule is COCCn1cnnc1CN(C)C(=O)c1ccc(-c2ccco2)cc1. The minimum absolute atomic E-state index is 0.0766. The van der Waals surface area contributed by atoms with Gasteiger partial charge in [-0.2, -0.15) is 0 Å². The molecule has 1 amide bonds. The minimum Gasteiger partial charge on any atom is -0.464 e. The van der Waals surface area contributed by atoms with Crippen LogP contribution in [0, 0.1) is 0 Å². The van der Waals surface area contributed by atoms with E-state index in [1.807, 2.05) is 28.8 Å². The van der Waals surface area contributed by atoms with Gasteiger partial charge in [-0.15, -0.1) is 10.2 Å². The van der Waals surface area contributed by atoms with E-state index in [1.54, 1.807) is 43.8 Å². The van der Waals surface area contributed by atoms with E-state index in [1.165, 1.54) is 0 Å². The van der Waals surface area contributed by atoms with Gasteiger partial charge in [-0.05, 0) is 24.3 Å². The molecule has 0 bridgehead atoms.